The molecule has 26 heavy (non-hydrogen) atoms. The van der Waals surface area contributed by atoms with Crippen molar-refractivity contribution < 1.29 is 9.72 Å². The van der Waals surface area contributed by atoms with Crippen molar-refractivity contribution in [2.75, 3.05) is 24.4 Å². The summed E-state index contributed by atoms with van der Waals surface area (Å²) in [6.07, 6.45) is 0. The third kappa shape index (κ3) is 3.53. The van der Waals surface area contributed by atoms with Crippen LogP contribution in [0, 0.1) is 10.1 Å². The number of non-ortho nitro benzene ring substituents is 1. The summed E-state index contributed by atoms with van der Waals surface area (Å²) in [5.74, 6) is 0.0742. The summed E-state index contributed by atoms with van der Waals surface area (Å²) in [7, 11) is 1.97. The van der Waals surface area contributed by atoms with E-state index in [1.165, 1.54) is 18.2 Å². The lowest BCUT2D eigenvalue weighted by Gasteiger charge is -2.28. The van der Waals surface area contributed by atoms with E-state index in [9.17, 15) is 14.9 Å². The molecule has 1 heterocycles. The summed E-state index contributed by atoms with van der Waals surface area (Å²) in [5.41, 5.74) is 1.88. The second-order valence-corrected chi connectivity index (χ2v) is 6.90. The maximum absolute atomic E-state index is 13.2. The molecule has 3 rings (SSSR count). The lowest BCUT2D eigenvalue weighted by Crippen LogP contribution is -2.43. The van der Waals surface area contributed by atoms with Gasteiger partial charge in [-0.1, -0.05) is 29.8 Å². The van der Waals surface area contributed by atoms with Crippen LogP contribution in [0.25, 0.3) is 0 Å². The number of nitro groups is 1. The van der Waals surface area contributed by atoms with E-state index >= 15 is 0 Å². The molecular formula is C18H17Cl2N3O3. The van der Waals surface area contributed by atoms with Crippen molar-refractivity contribution in [2.45, 2.75) is 12.6 Å². The first-order chi connectivity index (χ1) is 12.4. The lowest BCUT2D eigenvalue weighted by molar-refractivity contribution is -0.384. The molecular weight excluding hydrogens is 377 g/mol. The molecule has 0 N–H and O–H groups in total. The molecule has 8 heteroatoms. The number of hydrogen-bond acceptors (Lipinski definition) is 4. The molecule has 2 aromatic rings. The molecule has 1 amide bonds. The number of fused-ring (bicyclic) bond motifs is 1. The van der Waals surface area contributed by atoms with Gasteiger partial charge in [0.25, 0.3) is 11.6 Å². The van der Waals surface area contributed by atoms with Gasteiger partial charge in [0.2, 0.25) is 0 Å². The largest absolute Gasteiger partial charge is 0.306 e. The Morgan fingerprint density at radius 2 is 2.04 bits per heavy atom. The molecule has 6 nitrogen and oxygen atoms in total. The highest BCUT2D eigenvalue weighted by Gasteiger charge is 2.30. The van der Waals surface area contributed by atoms with Crippen LogP contribution in [0.5, 0.6) is 0 Å². The average molecular weight is 394 g/mol. The normalized spacial score (nSPS) is 17.5. The zero-order valence-corrected chi connectivity index (χ0v) is 15.6. The fourth-order valence-electron chi connectivity index (χ4n) is 3.05. The molecule has 136 valence electrons. The van der Waals surface area contributed by atoms with Gasteiger partial charge >= 0.3 is 0 Å². The number of anilines is 1. The van der Waals surface area contributed by atoms with E-state index in [0.717, 1.165) is 11.3 Å². The van der Waals surface area contributed by atoms with Gasteiger partial charge < -0.3 is 4.90 Å². The van der Waals surface area contributed by atoms with Gasteiger partial charge in [0, 0.05) is 42.8 Å². The summed E-state index contributed by atoms with van der Waals surface area (Å²) >= 11 is 12.3. The topological polar surface area (TPSA) is 66.7 Å². The van der Waals surface area contributed by atoms with Gasteiger partial charge in [-0.05, 0) is 24.7 Å². The number of nitro benzene ring substituents is 1. The monoisotopic (exact) mass is 393 g/mol. The molecule has 0 saturated carbocycles. The highest BCUT2D eigenvalue weighted by molar-refractivity contribution is 6.34. The second-order valence-electron chi connectivity index (χ2n) is 6.19. The standard InChI is InChI=1S/C18H17Cl2N3O3/c1-21-10-12-4-2-3-5-17(12)22(11-14(21)9-19)18(24)15-7-6-13(23(25)26)8-16(15)20/h2-8,14H,9-11H2,1H3/t14-/m1/s1. The van der Waals surface area contributed by atoms with E-state index in [1.807, 2.05) is 31.3 Å². The van der Waals surface area contributed by atoms with Gasteiger partial charge in [0.15, 0.2) is 0 Å². The fraction of sp³-hybridized carbons (Fsp3) is 0.278. The molecule has 1 aliphatic rings. The Balaban J connectivity index is 2.03. The van der Waals surface area contributed by atoms with Gasteiger partial charge in [0.1, 0.15) is 0 Å². The predicted octanol–water partition coefficient (Wildman–Crippen LogP) is 3.95. The molecule has 0 saturated heterocycles. The van der Waals surface area contributed by atoms with Crippen molar-refractivity contribution in [3.8, 4) is 0 Å². The second kappa shape index (κ2) is 7.61. The molecule has 0 spiro atoms. The zero-order valence-electron chi connectivity index (χ0n) is 14.1. The van der Waals surface area contributed by atoms with Crippen LogP contribution >= 0.6 is 23.2 Å². The van der Waals surface area contributed by atoms with Crippen molar-refractivity contribution >= 4 is 40.5 Å². The number of benzene rings is 2. The first-order valence-electron chi connectivity index (χ1n) is 8.02. The molecule has 1 aliphatic heterocycles. The number of nitrogens with zero attached hydrogens (tertiary/aromatic N) is 3. The van der Waals surface area contributed by atoms with Crippen LogP contribution in [0.15, 0.2) is 42.5 Å². The van der Waals surface area contributed by atoms with Crippen LogP contribution in [0.3, 0.4) is 0 Å². The maximum Gasteiger partial charge on any atom is 0.270 e. The van der Waals surface area contributed by atoms with Crippen molar-refractivity contribution in [1.82, 2.24) is 4.90 Å². The summed E-state index contributed by atoms with van der Waals surface area (Å²) in [6.45, 7) is 1.08. The first-order valence-corrected chi connectivity index (χ1v) is 8.93. The van der Waals surface area contributed by atoms with E-state index < -0.39 is 4.92 Å². The van der Waals surface area contributed by atoms with Gasteiger partial charge in [-0.2, -0.15) is 0 Å². The average Bonchev–Trinajstić information content (AvgIpc) is 2.76. The predicted molar refractivity (Wildman–Crippen MR) is 102 cm³/mol. The summed E-state index contributed by atoms with van der Waals surface area (Å²) in [6, 6.07) is 11.5. The van der Waals surface area contributed by atoms with Crippen LogP contribution < -0.4 is 4.90 Å². The smallest absolute Gasteiger partial charge is 0.270 e. The Morgan fingerprint density at radius 1 is 1.31 bits per heavy atom. The number of para-hydroxylation sites is 1. The number of carbonyl (C=O) groups is 1. The Labute approximate surface area is 161 Å². The summed E-state index contributed by atoms with van der Waals surface area (Å²) in [5, 5.41) is 11.0. The number of hydrogen-bond donors (Lipinski definition) is 0. The molecule has 0 aromatic heterocycles. The quantitative estimate of drug-likeness (QED) is 0.449. The van der Waals surface area contributed by atoms with E-state index in [1.54, 1.807) is 4.90 Å². The first kappa shape index (κ1) is 18.6. The maximum atomic E-state index is 13.2. The van der Waals surface area contributed by atoms with Gasteiger partial charge in [0.05, 0.1) is 15.5 Å². The SMILES string of the molecule is CN1Cc2ccccc2N(C(=O)c2ccc([N+](=O)[O-])cc2Cl)C[C@H]1CCl. The minimum Gasteiger partial charge on any atom is -0.306 e. The Hall–Kier alpha value is -2.15. The third-order valence-corrected chi connectivity index (χ3v) is 5.20. The number of likely N-dealkylation sites (N-methyl/N-ethyl adjacent to an activating group) is 1. The highest BCUT2D eigenvalue weighted by atomic mass is 35.5. The van der Waals surface area contributed by atoms with E-state index in [0.29, 0.717) is 19.0 Å². The third-order valence-electron chi connectivity index (χ3n) is 4.54. The minimum absolute atomic E-state index is 0.0233. The molecule has 0 aliphatic carbocycles. The van der Waals surface area contributed by atoms with Gasteiger partial charge in [-0.3, -0.25) is 19.8 Å². The number of rotatable bonds is 3. The molecule has 1 atom stereocenters. The van der Waals surface area contributed by atoms with Crippen molar-refractivity contribution in [1.29, 1.82) is 0 Å². The number of carbonyl (C=O) groups excluding carboxylic acids is 1. The zero-order chi connectivity index (χ0) is 18.8. The van der Waals surface area contributed by atoms with Crippen molar-refractivity contribution in [3.63, 3.8) is 0 Å². The molecule has 0 unspecified atom stereocenters. The van der Waals surface area contributed by atoms with Crippen LogP contribution in [0.1, 0.15) is 15.9 Å². The van der Waals surface area contributed by atoms with Crippen LogP contribution in [-0.4, -0.2) is 41.2 Å². The molecule has 0 radical (unpaired) electrons. The van der Waals surface area contributed by atoms with E-state index in [-0.39, 0.29) is 28.2 Å². The van der Waals surface area contributed by atoms with E-state index in [2.05, 4.69) is 4.90 Å². The van der Waals surface area contributed by atoms with Crippen LogP contribution in [-0.2, 0) is 6.54 Å². The van der Waals surface area contributed by atoms with Gasteiger partial charge in [-0.15, -0.1) is 11.6 Å². The minimum atomic E-state index is -0.542. The van der Waals surface area contributed by atoms with Crippen LogP contribution in [0.2, 0.25) is 5.02 Å². The summed E-state index contributed by atoms with van der Waals surface area (Å²) < 4.78 is 0. The van der Waals surface area contributed by atoms with E-state index in [4.69, 9.17) is 23.2 Å². The molecule has 0 fully saturated rings. The Morgan fingerprint density at radius 3 is 2.69 bits per heavy atom. The van der Waals surface area contributed by atoms with Crippen molar-refractivity contribution in [3.05, 3.63) is 68.7 Å². The summed E-state index contributed by atoms with van der Waals surface area (Å²) in [4.78, 5) is 27.3. The van der Waals surface area contributed by atoms with Gasteiger partial charge in [-0.25, -0.2) is 0 Å². The van der Waals surface area contributed by atoms with Crippen LogP contribution in [0.4, 0.5) is 11.4 Å². The number of amides is 1. The number of alkyl halides is 1. The molecule has 0 bridgehead atoms. The highest BCUT2D eigenvalue weighted by Crippen LogP contribution is 2.30. The fourth-order valence-corrected chi connectivity index (χ4v) is 3.64. The van der Waals surface area contributed by atoms with Crippen molar-refractivity contribution in [2.24, 2.45) is 0 Å². The Kier molecular flexibility index (Phi) is 5.46. The molecule has 2 aromatic carbocycles. The lowest BCUT2D eigenvalue weighted by atomic mass is 10.1. The number of halogens is 2. The Bertz CT molecular complexity index is 859.